The number of benzene rings is 1. The van der Waals surface area contributed by atoms with Crippen LogP contribution in [-0.4, -0.2) is 46.8 Å². The SMILES string of the molecule is Cc1nc(N2CCN(Cc3ccccc3)CC2)nc2c1C(=O)CC(c1cccs1)C2. The van der Waals surface area contributed by atoms with Crippen LogP contribution in [0.4, 0.5) is 5.95 Å². The molecule has 0 N–H and O–H groups in total. The fourth-order valence-electron chi connectivity index (χ4n) is 4.57. The second kappa shape index (κ2) is 8.28. The predicted molar refractivity (Wildman–Crippen MR) is 120 cm³/mol. The van der Waals surface area contributed by atoms with Gasteiger partial charge >= 0.3 is 0 Å². The van der Waals surface area contributed by atoms with Crippen molar-refractivity contribution in [1.82, 2.24) is 14.9 Å². The summed E-state index contributed by atoms with van der Waals surface area (Å²) in [7, 11) is 0. The van der Waals surface area contributed by atoms with Crippen LogP contribution in [0.5, 0.6) is 0 Å². The number of piperazine rings is 1. The van der Waals surface area contributed by atoms with E-state index in [1.165, 1.54) is 10.4 Å². The highest BCUT2D eigenvalue weighted by molar-refractivity contribution is 7.10. The number of aromatic nitrogens is 2. The molecule has 1 aliphatic heterocycles. The maximum absolute atomic E-state index is 12.8. The summed E-state index contributed by atoms with van der Waals surface area (Å²) in [5.41, 5.74) is 3.87. The Balaban J connectivity index is 1.31. The number of Topliss-reactive ketones (excluding diaryl/α,β-unsaturated/α-hetero) is 1. The zero-order valence-electron chi connectivity index (χ0n) is 17.3. The molecule has 1 fully saturated rings. The minimum atomic E-state index is 0.186. The lowest BCUT2D eigenvalue weighted by Gasteiger charge is -2.35. The summed E-state index contributed by atoms with van der Waals surface area (Å²) >= 11 is 1.73. The molecule has 154 valence electrons. The van der Waals surface area contributed by atoms with Gasteiger partial charge in [0.2, 0.25) is 5.95 Å². The molecule has 0 spiro atoms. The molecule has 1 atom stereocenters. The van der Waals surface area contributed by atoms with Gasteiger partial charge in [-0.2, -0.15) is 0 Å². The van der Waals surface area contributed by atoms with Crippen LogP contribution in [0.15, 0.2) is 47.8 Å². The molecule has 6 heteroatoms. The third-order valence-electron chi connectivity index (χ3n) is 6.15. The molecule has 30 heavy (non-hydrogen) atoms. The summed E-state index contributed by atoms with van der Waals surface area (Å²) in [6.07, 6.45) is 1.39. The summed E-state index contributed by atoms with van der Waals surface area (Å²) < 4.78 is 0. The topological polar surface area (TPSA) is 49.3 Å². The Labute approximate surface area is 181 Å². The van der Waals surface area contributed by atoms with Gasteiger partial charge in [-0.1, -0.05) is 36.4 Å². The second-order valence-corrected chi connectivity index (χ2v) is 9.20. The van der Waals surface area contributed by atoms with Gasteiger partial charge in [-0.3, -0.25) is 9.69 Å². The molecular formula is C24H26N4OS. The molecule has 3 aromatic rings. The molecule has 1 saturated heterocycles. The number of carbonyl (C=O) groups excluding carboxylic acids is 1. The van der Waals surface area contributed by atoms with E-state index in [9.17, 15) is 4.79 Å². The molecule has 2 aliphatic rings. The minimum Gasteiger partial charge on any atom is -0.338 e. The molecule has 1 aromatic carbocycles. The van der Waals surface area contributed by atoms with E-state index in [0.717, 1.165) is 62.0 Å². The van der Waals surface area contributed by atoms with E-state index >= 15 is 0 Å². The highest BCUT2D eigenvalue weighted by atomic mass is 32.1. The first-order valence-electron chi connectivity index (χ1n) is 10.6. The van der Waals surface area contributed by atoms with Crippen LogP contribution in [0.3, 0.4) is 0 Å². The number of fused-ring (bicyclic) bond motifs is 1. The maximum atomic E-state index is 12.8. The molecule has 5 rings (SSSR count). The first-order chi connectivity index (χ1) is 14.7. The number of hydrogen-bond acceptors (Lipinski definition) is 6. The minimum absolute atomic E-state index is 0.186. The van der Waals surface area contributed by atoms with Crippen molar-refractivity contribution in [1.29, 1.82) is 0 Å². The predicted octanol–water partition coefficient (Wildman–Crippen LogP) is 4.08. The third kappa shape index (κ3) is 3.89. The highest BCUT2D eigenvalue weighted by Crippen LogP contribution is 2.35. The summed E-state index contributed by atoms with van der Waals surface area (Å²) in [6, 6.07) is 14.8. The Kier molecular flexibility index (Phi) is 5.35. The van der Waals surface area contributed by atoms with Crippen molar-refractivity contribution in [2.75, 3.05) is 31.1 Å². The number of thiophene rings is 1. The smallest absolute Gasteiger partial charge is 0.225 e. The Bertz CT molecular complexity index is 1030. The number of hydrogen-bond donors (Lipinski definition) is 0. The van der Waals surface area contributed by atoms with Crippen LogP contribution in [0.2, 0.25) is 0 Å². The lowest BCUT2D eigenvalue weighted by molar-refractivity contribution is 0.0962. The van der Waals surface area contributed by atoms with Crippen molar-refractivity contribution >= 4 is 23.1 Å². The average Bonchev–Trinajstić information content (AvgIpc) is 3.29. The number of aryl methyl sites for hydroxylation is 1. The fourth-order valence-corrected chi connectivity index (χ4v) is 5.40. The molecule has 1 aliphatic carbocycles. The van der Waals surface area contributed by atoms with Crippen molar-refractivity contribution < 1.29 is 4.79 Å². The second-order valence-electron chi connectivity index (χ2n) is 8.22. The van der Waals surface area contributed by atoms with Crippen molar-refractivity contribution in [2.45, 2.75) is 32.2 Å². The van der Waals surface area contributed by atoms with E-state index in [-0.39, 0.29) is 11.7 Å². The van der Waals surface area contributed by atoms with E-state index in [1.807, 2.05) is 6.92 Å². The van der Waals surface area contributed by atoms with Gasteiger partial charge in [-0.15, -0.1) is 11.3 Å². The molecule has 3 heterocycles. The first kappa shape index (κ1) is 19.4. The summed E-state index contributed by atoms with van der Waals surface area (Å²) in [6.45, 7) is 6.74. The third-order valence-corrected chi connectivity index (χ3v) is 7.19. The van der Waals surface area contributed by atoms with Crippen LogP contribution >= 0.6 is 11.3 Å². The molecule has 2 aromatic heterocycles. The van der Waals surface area contributed by atoms with E-state index in [2.05, 4.69) is 57.6 Å². The van der Waals surface area contributed by atoms with Gasteiger partial charge in [0.1, 0.15) is 0 Å². The molecule has 0 bridgehead atoms. The largest absolute Gasteiger partial charge is 0.338 e. The Morgan fingerprint density at radius 2 is 1.80 bits per heavy atom. The number of rotatable bonds is 4. The van der Waals surface area contributed by atoms with E-state index in [4.69, 9.17) is 9.97 Å². The summed E-state index contributed by atoms with van der Waals surface area (Å²) in [4.78, 5) is 28.5. The normalized spacial score (nSPS) is 19.7. The van der Waals surface area contributed by atoms with Crippen LogP contribution in [0, 0.1) is 6.92 Å². The van der Waals surface area contributed by atoms with Crippen LogP contribution < -0.4 is 4.90 Å². The van der Waals surface area contributed by atoms with Gasteiger partial charge in [-0.05, 0) is 30.4 Å². The van der Waals surface area contributed by atoms with Gasteiger partial charge in [0.25, 0.3) is 0 Å². The zero-order valence-corrected chi connectivity index (χ0v) is 18.1. The monoisotopic (exact) mass is 418 g/mol. The Hall–Kier alpha value is -2.57. The molecule has 5 nitrogen and oxygen atoms in total. The molecule has 0 radical (unpaired) electrons. The highest BCUT2D eigenvalue weighted by Gasteiger charge is 2.31. The van der Waals surface area contributed by atoms with E-state index < -0.39 is 0 Å². The van der Waals surface area contributed by atoms with E-state index in [1.54, 1.807) is 11.3 Å². The average molecular weight is 419 g/mol. The van der Waals surface area contributed by atoms with Gasteiger partial charge in [0.05, 0.1) is 17.0 Å². The van der Waals surface area contributed by atoms with Gasteiger partial charge in [0, 0.05) is 49.9 Å². The number of ketones is 1. The Morgan fingerprint density at radius 1 is 1.00 bits per heavy atom. The van der Waals surface area contributed by atoms with Gasteiger partial charge in [0.15, 0.2) is 5.78 Å². The van der Waals surface area contributed by atoms with Crippen LogP contribution in [0.1, 0.15) is 44.5 Å². The van der Waals surface area contributed by atoms with Crippen LogP contribution in [0.25, 0.3) is 0 Å². The Morgan fingerprint density at radius 3 is 2.53 bits per heavy atom. The van der Waals surface area contributed by atoms with Gasteiger partial charge in [-0.25, -0.2) is 9.97 Å². The molecule has 0 saturated carbocycles. The zero-order chi connectivity index (χ0) is 20.5. The van der Waals surface area contributed by atoms with Crippen molar-refractivity contribution in [3.05, 3.63) is 75.2 Å². The molecule has 1 unspecified atom stereocenters. The number of nitrogens with zero attached hydrogens (tertiary/aromatic N) is 4. The number of anilines is 1. The van der Waals surface area contributed by atoms with Gasteiger partial charge < -0.3 is 4.90 Å². The molecule has 0 amide bonds. The van der Waals surface area contributed by atoms with Crippen molar-refractivity contribution in [3.8, 4) is 0 Å². The quantitative estimate of drug-likeness (QED) is 0.639. The van der Waals surface area contributed by atoms with Crippen molar-refractivity contribution in [3.63, 3.8) is 0 Å². The molecular weight excluding hydrogens is 392 g/mol. The summed E-state index contributed by atoms with van der Waals surface area (Å²) in [5.74, 6) is 1.21. The first-order valence-corrected chi connectivity index (χ1v) is 11.5. The number of carbonyl (C=O) groups is 1. The lowest BCUT2D eigenvalue weighted by atomic mass is 9.84. The lowest BCUT2D eigenvalue weighted by Crippen LogP contribution is -2.46. The van der Waals surface area contributed by atoms with Crippen LogP contribution in [-0.2, 0) is 13.0 Å². The standard InChI is InChI=1S/C24H26N4OS/c1-17-23-20(14-19(15-21(23)29)22-8-5-13-30-22)26-24(25-17)28-11-9-27(10-12-28)16-18-6-3-2-4-7-18/h2-8,13,19H,9-12,14-16H2,1H3. The summed E-state index contributed by atoms with van der Waals surface area (Å²) in [5, 5.41) is 2.08. The maximum Gasteiger partial charge on any atom is 0.225 e. The van der Waals surface area contributed by atoms with Crippen molar-refractivity contribution in [2.24, 2.45) is 0 Å². The van der Waals surface area contributed by atoms with E-state index in [0.29, 0.717) is 6.42 Å². The fraction of sp³-hybridized carbons (Fsp3) is 0.375.